The molecule has 1 aromatic carbocycles. The second-order valence-corrected chi connectivity index (χ2v) is 6.46. The van der Waals surface area contributed by atoms with E-state index in [2.05, 4.69) is 20.6 Å². The van der Waals surface area contributed by atoms with Crippen LogP contribution in [0, 0.1) is 6.92 Å². The molecule has 3 rings (SSSR count). The number of benzene rings is 1. The molecule has 0 saturated carbocycles. The molecule has 0 aliphatic carbocycles. The summed E-state index contributed by atoms with van der Waals surface area (Å²) in [5, 5.41) is 6.83. The molecule has 136 valence electrons. The van der Waals surface area contributed by atoms with E-state index in [0.29, 0.717) is 33.7 Å². The zero-order chi connectivity index (χ0) is 18.5. The minimum absolute atomic E-state index is 0. The number of nitrogens with zero attached hydrogens (tertiary/aromatic N) is 2. The van der Waals surface area contributed by atoms with Crippen molar-refractivity contribution in [2.75, 3.05) is 10.6 Å². The van der Waals surface area contributed by atoms with Gasteiger partial charge in [0.05, 0.1) is 15.6 Å². The van der Waals surface area contributed by atoms with Gasteiger partial charge in [0, 0.05) is 33.2 Å². The van der Waals surface area contributed by atoms with Gasteiger partial charge in [0.15, 0.2) is 0 Å². The Balaban J connectivity index is 0.00000196. The lowest BCUT2D eigenvalue weighted by atomic mass is 10.2. The molecule has 1 amide bonds. The quantitative estimate of drug-likeness (QED) is 0.607. The van der Waals surface area contributed by atoms with Crippen LogP contribution in [-0.2, 0) is 6.54 Å². The van der Waals surface area contributed by atoms with Gasteiger partial charge in [-0.25, -0.2) is 4.98 Å². The van der Waals surface area contributed by atoms with E-state index < -0.39 is 0 Å². The highest BCUT2D eigenvalue weighted by Crippen LogP contribution is 2.26. The van der Waals surface area contributed by atoms with Gasteiger partial charge in [-0.05, 0) is 55.0 Å². The molecule has 0 fully saturated rings. The molecule has 26 heavy (non-hydrogen) atoms. The Bertz CT molecular complexity index is 942. The summed E-state index contributed by atoms with van der Waals surface area (Å²) in [5.41, 5.74) is 2.85. The first kappa shape index (κ1) is 18.2. The maximum absolute atomic E-state index is 12.7. The molecule has 0 saturated heterocycles. The summed E-state index contributed by atoms with van der Waals surface area (Å²) in [6.07, 6.45) is 3.44. The number of halogens is 2. The molecule has 0 aliphatic heterocycles. The average molecular weight is 391 g/mol. The van der Waals surface area contributed by atoms with Gasteiger partial charge < -0.3 is 10.6 Å². The van der Waals surface area contributed by atoms with Crippen LogP contribution in [-0.4, -0.2) is 15.9 Å². The zero-order valence-corrected chi connectivity index (χ0v) is 15.5. The lowest BCUT2D eigenvalue weighted by Crippen LogP contribution is -2.16. The molecule has 3 aromatic rings. The number of rotatable bonds is 5. The highest BCUT2D eigenvalue weighted by Gasteiger charge is 2.14. The molecule has 2 N–H and O–H groups in total. The molecule has 0 atom stereocenters. The number of aryl methyl sites for hydroxylation is 1. The molecule has 0 bridgehead atoms. The lowest BCUT2D eigenvalue weighted by Gasteiger charge is -2.12. The number of pyridine rings is 2. The molecule has 0 radical (unpaired) electrons. The van der Waals surface area contributed by atoms with Crippen molar-refractivity contribution in [3.05, 3.63) is 81.7 Å². The van der Waals surface area contributed by atoms with Crippen molar-refractivity contribution in [1.82, 2.24) is 9.97 Å². The average Bonchev–Trinajstić information content (AvgIpc) is 2.64. The third-order valence-corrected chi connectivity index (χ3v) is 4.40. The molecule has 7 heteroatoms. The van der Waals surface area contributed by atoms with E-state index in [1.807, 2.05) is 19.1 Å². The Hall–Kier alpha value is -2.63. The summed E-state index contributed by atoms with van der Waals surface area (Å²) in [4.78, 5) is 21.1. The van der Waals surface area contributed by atoms with Crippen LogP contribution < -0.4 is 10.6 Å². The van der Waals surface area contributed by atoms with Gasteiger partial charge in [0.1, 0.15) is 5.82 Å². The van der Waals surface area contributed by atoms with E-state index >= 15 is 0 Å². The summed E-state index contributed by atoms with van der Waals surface area (Å²) in [6, 6.07) is 12.3. The molecule has 0 aliphatic rings. The fourth-order valence-corrected chi connectivity index (χ4v) is 2.63. The van der Waals surface area contributed by atoms with Gasteiger partial charge in [-0.2, -0.15) is 0 Å². The molecule has 2 heterocycles. The summed E-state index contributed by atoms with van der Waals surface area (Å²) in [5.74, 6) is 0.229. The van der Waals surface area contributed by atoms with Crippen LogP contribution in [0.5, 0.6) is 0 Å². The van der Waals surface area contributed by atoms with Crippen LogP contribution in [0.2, 0.25) is 10.0 Å². The fourth-order valence-electron chi connectivity index (χ4n) is 2.33. The SMILES string of the molecule is Cc1ccc(C(=O)Nc2ccc(Cl)c(Cl)c2)c(NCc2ccncc2)n1.[HH].[HH]. The minimum atomic E-state index is -0.284. The van der Waals surface area contributed by atoms with Gasteiger partial charge in [-0.1, -0.05) is 23.2 Å². The van der Waals surface area contributed by atoms with E-state index in [1.165, 1.54) is 0 Å². The van der Waals surface area contributed by atoms with Crippen LogP contribution in [0.25, 0.3) is 0 Å². The number of anilines is 2. The normalized spacial score (nSPS) is 10.4. The number of carbonyl (C=O) groups excluding carboxylic acids is 1. The second-order valence-electron chi connectivity index (χ2n) is 5.64. The van der Waals surface area contributed by atoms with Crippen LogP contribution in [0.4, 0.5) is 11.5 Å². The highest BCUT2D eigenvalue weighted by molar-refractivity contribution is 6.42. The van der Waals surface area contributed by atoms with E-state index in [-0.39, 0.29) is 8.76 Å². The van der Waals surface area contributed by atoms with E-state index in [9.17, 15) is 4.79 Å². The van der Waals surface area contributed by atoms with E-state index in [4.69, 9.17) is 23.2 Å². The van der Waals surface area contributed by atoms with Gasteiger partial charge in [-0.15, -0.1) is 0 Å². The first-order valence-electron chi connectivity index (χ1n) is 7.90. The Morgan fingerprint density at radius 3 is 2.58 bits per heavy atom. The smallest absolute Gasteiger partial charge is 0.259 e. The van der Waals surface area contributed by atoms with E-state index in [1.54, 1.807) is 42.7 Å². The van der Waals surface area contributed by atoms with Gasteiger partial charge in [0.25, 0.3) is 5.91 Å². The van der Waals surface area contributed by atoms with Crippen molar-refractivity contribution in [3.63, 3.8) is 0 Å². The molecular formula is C19H20Cl2N4O. The van der Waals surface area contributed by atoms with Crippen molar-refractivity contribution in [2.24, 2.45) is 0 Å². The summed E-state index contributed by atoms with van der Waals surface area (Å²) < 4.78 is 0. The first-order valence-corrected chi connectivity index (χ1v) is 8.65. The number of aromatic nitrogens is 2. The third kappa shape index (κ3) is 4.50. The first-order chi connectivity index (χ1) is 12.5. The number of amides is 1. The molecule has 0 unspecified atom stereocenters. The fraction of sp³-hybridized carbons (Fsp3) is 0.105. The Morgan fingerprint density at radius 1 is 1.08 bits per heavy atom. The topological polar surface area (TPSA) is 66.9 Å². The predicted octanol–water partition coefficient (Wildman–Crippen LogP) is 5.45. The maximum Gasteiger partial charge on any atom is 0.259 e. The summed E-state index contributed by atoms with van der Waals surface area (Å²) in [7, 11) is 0. The minimum Gasteiger partial charge on any atom is -0.365 e. The Morgan fingerprint density at radius 2 is 1.85 bits per heavy atom. The van der Waals surface area contributed by atoms with Crippen LogP contribution in [0.3, 0.4) is 0 Å². The number of carbonyl (C=O) groups is 1. The zero-order valence-electron chi connectivity index (χ0n) is 14.0. The Kier molecular flexibility index (Phi) is 5.71. The number of hydrogen-bond donors (Lipinski definition) is 2. The van der Waals surface area contributed by atoms with Gasteiger partial charge in [-0.3, -0.25) is 9.78 Å². The standard InChI is InChI=1S/C19H16Cl2N4O.2H2/c1-12-2-4-15(18(24-12)23-11-13-6-8-22-9-7-13)19(26)25-14-3-5-16(20)17(21)10-14;;/h2-10H,11H2,1H3,(H,23,24)(H,25,26);2*1H. The largest absolute Gasteiger partial charge is 0.365 e. The second kappa shape index (κ2) is 8.17. The van der Waals surface area contributed by atoms with Crippen LogP contribution in [0.15, 0.2) is 54.9 Å². The molecule has 0 spiro atoms. The number of nitrogens with one attached hydrogen (secondary N) is 2. The van der Waals surface area contributed by atoms with Crippen molar-refractivity contribution >= 4 is 40.6 Å². The van der Waals surface area contributed by atoms with Crippen LogP contribution >= 0.6 is 23.2 Å². The van der Waals surface area contributed by atoms with E-state index in [0.717, 1.165) is 11.3 Å². The van der Waals surface area contributed by atoms with Crippen molar-refractivity contribution in [3.8, 4) is 0 Å². The van der Waals surface area contributed by atoms with Crippen LogP contribution in [0.1, 0.15) is 24.5 Å². The molecule has 5 nitrogen and oxygen atoms in total. The van der Waals surface area contributed by atoms with Gasteiger partial charge in [0.2, 0.25) is 0 Å². The predicted molar refractivity (Wildman–Crippen MR) is 109 cm³/mol. The monoisotopic (exact) mass is 390 g/mol. The van der Waals surface area contributed by atoms with Crippen molar-refractivity contribution in [2.45, 2.75) is 13.5 Å². The maximum atomic E-state index is 12.7. The van der Waals surface area contributed by atoms with Gasteiger partial charge >= 0.3 is 0 Å². The highest BCUT2D eigenvalue weighted by atomic mass is 35.5. The van der Waals surface area contributed by atoms with Crippen molar-refractivity contribution in [1.29, 1.82) is 0 Å². The lowest BCUT2D eigenvalue weighted by molar-refractivity contribution is 0.102. The summed E-state index contributed by atoms with van der Waals surface area (Å²) in [6.45, 7) is 2.41. The molecular weight excluding hydrogens is 371 g/mol. The van der Waals surface area contributed by atoms with Crippen molar-refractivity contribution < 1.29 is 7.65 Å². The summed E-state index contributed by atoms with van der Waals surface area (Å²) >= 11 is 11.9. The number of hydrogen-bond acceptors (Lipinski definition) is 4. The Labute approximate surface area is 164 Å². The third-order valence-electron chi connectivity index (χ3n) is 3.67. The molecule has 2 aromatic heterocycles.